The summed E-state index contributed by atoms with van der Waals surface area (Å²) in [6.07, 6.45) is -2.01. The lowest BCUT2D eigenvalue weighted by molar-refractivity contribution is 0.00873. The molecule has 3 aromatic rings. The zero-order valence-corrected chi connectivity index (χ0v) is 21.3. The van der Waals surface area contributed by atoms with Crippen LogP contribution in [0.2, 0.25) is 0 Å². The van der Waals surface area contributed by atoms with Crippen molar-refractivity contribution in [1.29, 1.82) is 0 Å². The molecule has 3 amide bonds. The Labute approximate surface area is 221 Å². The molecule has 2 heterocycles. The van der Waals surface area contributed by atoms with Crippen molar-refractivity contribution in [3.63, 3.8) is 0 Å². The predicted molar refractivity (Wildman–Crippen MR) is 143 cm³/mol. The summed E-state index contributed by atoms with van der Waals surface area (Å²) < 4.78 is 23.0. The Morgan fingerprint density at radius 3 is 2.13 bits per heavy atom. The van der Waals surface area contributed by atoms with Crippen LogP contribution in [0.3, 0.4) is 0 Å². The van der Waals surface area contributed by atoms with Gasteiger partial charge in [0.1, 0.15) is 23.7 Å². The monoisotopic (exact) mass is 517 g/mol. The van der Waals surface area contributed by atoms with E-state index < -0.39 is 24.4 Å². The smallest absolute Gasteiger partial charge is 0.412 e. The number of ether oxygens (including phenoxy) is 4. The maximum Gasteiger partial charge on any atom is 0.412 e. The van der Waals surface area contributed by atoms with Crippen molar-refractivity contribution in [2.75, 3.05) is 23.8 Å². The number of hydrogen-bond acceptors (Lipinski definition) is 6. The van der Waals surface area contributed by atoms with Gasteiger partial charge in [-0.15, -0.1) is 0 Å². The zero-order valence-electron chi connectivity index (χ0n) is 21.3. The van der Waals surface area contributed by atoms with Crippen LogP contribution in [0.1, 0.15) is 25.3 Å². The molecule has 0 aliphatic carbocycles. The summed E-state index contributed by atoms with van der Waals surface area (Å²) in [5.74, 6) is 1.81. The van der Waals surface area contributed by atoms with Crippen molar-refractivity contribution < 1.29 is 28.5 Å². The van der Waals surface area contributed by atoms with Gasteiger partial charge >= 0.3 is 12.1 Å². The first-order chi connectivity index (χ1) is 18.4. The molecule has 9 nitrogen and oxygen atoms in total. The highest BCUT2D eigenvalue weighted by atomic mass is 16.6. The van der Waals surface area contributed by atoms with Gasteiger partial charge in [0.15, 0.2) is 6.10 Å². The van der Waals surface area contributed by atoms with Gasteiger partial charge in [-0.1, -0.05) is 44.2 Å². The Bertz CT molecular complexity index is 1230. The highest BCUT2D eigenvalue weighted by molar-refractivity contribution is 5.89. The standard InChI is InChI=1S/C29H31N3O6/c1-18(2)19-8-10-21(11-9-19)31-29(34)38-25-17-36-26-24(16-35-27(25)26)32-28(33)30-20-12-14-23(15-13-20)37-22-6-4-3-5-7-22/h3-15,18,24-27H,16-17H2,1-2H3,(H,31,34)(H2,30,32,33)/t24-,25+,26+,27+/m0/s1. The summed E-state index contributed by atoms with van der Waals surface area (Å²) >= 11 is 0. The number of hydrogen-bond donors (Lipinski definition) is 3. The minimum absolute atomic E-state index is 0.192. The van der Waals surface area contributed by atoms with Gasteiger partial charge < -0.3 is 29.6 Å². The van der Waals surface area contributed by atoms with Gasteiger partial charge in [0.2, 0.25) is 0 Å². The van der Waals surface area contributed by atoms with Crippen LogP contribution in [-0.4, -0.2) is 49.7 Å². The van der Waals surface area contributed by atoms with Gasteiger partial charge in [-0.25, -0.2) is 9.59 Å². The fraction of sp³-hybridized carbons (Fsp3) is 0.310. The molecule has 0 saturated carbocycles. The second-order valence-electron chi connectivity index (χ2n) is 9.59. The average Bonchev–Trinajstić information content (AvgIpc) is 3.49. The number of carbonyl (C=O) groups is 2. The van der Waals surface area contributed by atoms with Crippen molar-refractivity contribution in [3.05, 3.63) is 84.4 Å². The van der Waals surface area contributed by atoms with Gasteiger partial charge in [-0.2, -0.15) is 0 Å². The van der Waals surface area contributed by atoms with Crippen LogP contribution in [0, 0.1) is 0 Å². The average molecular weight is 518 g/mol. The molecule has 0 spiro atoms. The first kappa shape index (κ1) is 25.6. The summed E-state index contributed by atoms with van der Waals surface area (Å²) in [6.45, 7) is 4.67. The highest BCUT2D eigenvalue weighted by Gasteiger charge is 2.50. The minimum atomic E-state index is -0.575. The van der Waals surface area contributed by atoms with Crippen molar-refractivity contribution in [2.24, 2.45) is 0 Å². The fourth-order valence-electron chi connectivity index (χ4n) is 4.49. The number of nitrogens with one attached hydrogen (secondary N) is 3. The van der Waals surface area contributed by atoms with Gasteiger partial charge in [-0.3, -0.25) is 5.32 Å². The number of carbonyl (C=O) groups excluding carboxylic acids is 2. The van der Waals surface area contributed by atoms with E-state index in [0.29, 0.717) is 23.0 Å². The molecule has 198 valence electrons. The zero-order chi connectivity index (χ0) is 26.5. The molecule has 2 aliphatic rings. The summed E-state index contributed by atoms with van der Waals surface area (Å²) in [4.78, 5) is 25.0. The van der Waals surface area contributed by atoms with E-state index in [1.807, 2.05) is 54.6 Å². The van der Waals surface area contributed by atoms with E-state index >= 15 is 0 Å². The van der Waals surface area contributed by atoms with Crippen molar-refractivity contribution in [1.82, 2.24) is 5.32 Å². The number of amides is 3. The lowest BCUT2D eigenvalue weighted by atomic mass is 10.0. The van der Waals surface area contributed by atoms with E-state index in [-0.39, 0.29) is 25.3 Å². The van der Waals surface area contributed by atoms with E-state index in [0.717, 1.165) is 5.75 Å². The van der Waals surface area contributed by atoms with Crippen molar-refractivity contribution in [2.45, 2.75) is 44.1 Å². The van der Waals surface area contributed by atoms with Crippen LogP contribution in [0.5, 0.6) is 11.5 Å². The van der Waals surface area contributed by atoms with Crippen molar-refractivity contribution in [3.8, 4) is 11.5 Å². The summed E-state index contributed by atoms with van der Waals surface area (Å²) in [5.41, 5.74) is 2.45. The maximum atomic E-state index is 12.6. The number of anilines is 2. The summed E-state index contributed by atoms with van der Waals surface area (Å²) in [7, 11) is 0. The third kappa shape index (κ3) is 6.24. The van der Waals surface area contributed by atoms with Gasteiger partial charge in [-0.05, 0) is 60.0 Å². The lowest BCUT2D eigenvalue weighted by Crippen LogP contribution is -2.46. The van der Waals surface area contributed by atoms with Crippen LogP contribution < -0.4 is 20.7 Å². The molecular weight excluding hydrogens is 486 g/mol. The third-order valence-electron chi connectivity index (χ3n) is 6.50. The second kappa shape index (κ2) is 11.5. The first-order valence-electron chi connectivity index (χ1n) is 12.7. The van der Waals surface area contributed by atoms with Gasteiger partial charge in [0.25, 0.3) is 0 Å². The third-order valence-corrected chi connectivity index (χ3v) is 6.50. The molecule has 4 atom stereocenters. The minimum Gasteiger partial charge on any atom is -0.457 e. The van der Waals surface area contributed by atoms with Gasteiger partial charge in [0, 0.05) is 11.4 Å². The number of fused-ring (bicyclic) bond motifs is 1. The summed E-state index contributed by atoms with van der Waals surface area (Å²) in [6, 6.07) is 23.4. The predicted octanol–water partition coefficient (Wildman–Crippen LogP) is 5.51. The van der Waals surface area contributed by atoms with E-state index in [1.54, 1.807) is 24.3 Å². The Morgan fingerprint density at radius 2 is 1.42 bits per heavy atom. The number of benzene rings is 3. The molecular formula is C29H31N3O6. The molecule has 9 heteroatoms. The number of rotatable bonds is 7. The van der Waals surface area contributed by atoms with Crippen LogP contribution in [0.15, 0.2) is 78.9 Å². The van der Waals surface area contributed by atoms with E-state index in [1.165, 1.54) is 5.56 Å². The maximum absolute atomic E-state index is 12.6. The topological polar surface area (TPSA) is 107 Å². The molecule has 2 aliphatic heterocycles. The molecule has 0 unspecified atom stereocenters. The van der Waals surface area contributed by atoms with Crippen LogP contribution in [0.4, 0.5) is 21.0 Å². The molecule has 3 aromatic carbocycles. The number of urea groups is 1. The lowest BCUT2D eigenvalue weighted by Gasteiger charge is -2.18. The molecule has 2 saturated heterocycles. The highest BCUT2D eigenvalue weighted by Crippen LogP contribution is 2.29. The largest absolute Gasteiger partial charge is 0.457 e. The molecule has 3 N–H and O–H groups in total. The molecule has 0 aromatic heterocycles. The number of para-hydroxylation sites is 1. The molecule has 0 bridgehead atoms. The van der Waals surface area contributed by atoms with Crippen LogP contribution >= 0.6 is 0 Å². The van der Waals surface area contributed by atoms with E-state index in [2.05, 4.69) is 29.8 Å². The van der Waals surface area contributed by atoms with Gasteiger partial charge in [0.05, 0.1) is 19.3 Å². The fourth-order valence-corrected chi connectivity index (χ4v) is 4.49. The SMILES string of the molecule is CC(C)c1ccc(NC(=O)O[C@@H]2CO[C@H]3[C@@H]2OC[C@@H]3NC(=O)Nc2ccc(Oc3ccccc3)cc2)cc1. The van der Waals surface area contributed by atoms with Crippen LogP contribution in [0.25, 0.3) is 0 Å². The first-order valence-corrected chi connectivity index (χ1v) is 12.7. The normalized spacial score (nSPS) is 22.0. The van der Waals surface area contributed by atoms with Crippen molar-refractivity contribution >= 4 is 23.5 Å². The van der Waals surface area contributed by atoms with Crippen LogP contribution in [-0.2, 0) is 14.2 Å². The van der Waals surface area contributed by atoms with E-state index in [9.17, 15) is 9.59 Å². The Hall–Kier alpha value is -4.08. The quantitative estimate of drug-likeness (QED) is 0.382. The molecule has 2 fully saturated rings. The Kier molecular flexibility index (Phi) is 7.76. The molecule has 5 rings (SSSR count). The molecule has 0 radical (unpaired) electrons. The molecule has 38 heavy (non-hydrogen) atoms. The second-order valence-corrected chi connectivity index (χ2v) is 9.59. The summed E-state index contributed by atoms with van der Waals surface area (Å²) in [5, 5.41) is 8.45. The Morgan fingerprint density at radius 1 is 0.789 bits per heavy atom. The van der Waals surface area contributed by atoms with E-state index in [4.69, 9.17) is 18.9 Å². The Balaban J connectivity index is 1.08.